The molecule has 0 aliphatic carbocycles. The van der Waals surface area contributed by atoms with E-state index in [2.05, 4.69) is 0 Å². The Morgan fingerprint density at radius 1 is 1.31 bits per heavy atom. The molecule has 0 unspecified atom stereocenters. The van der Waals surface area contributed by atoms with Crippen LogP contribution >= 0.6 is 0 Å². The van der Waals surface area contributed by atoms with Gasteiger partial charge >= 0.3 is 5.97 Å². The average molecular weight is 220 g/mol. The minimum Gasteiger partial charge on any atom is -0.496 e. The van der Waals surface area contributed by atoms with Crippen LogP contribution in [0, 0.1) is 5.82 Å². The lowest BCUT2D eigenvalue weighted by atomic mass is 10.0. The molecule has 0 saturated carbocycles. The van der Waals surface area contributed by atoms with E-state index in [1.165, 1.54) is 19.2 Å². The first kappa shape index (κ1) is 10.4. The highest BCUT2D eigenvalue weighted by atomic mass is 19.1. The van der Waals surface area contributed by atoms with Crippen molar-refractivity contribution < 1.29 is 19.0 Å². The molecule has 0 radical (unpaired) electrons. The van der Waals surface area contributed by atoms with Gasteiger partial charge in [0.05, 0.1) is 12.7 Å². The summed E-state index contributed by atoms with van der Waals surface area (Å²) >= 11 is 0. The van der Waals surface area contributed by atoms with Crippen molar-refractivity contribution in [1.82, 2.24) is 0 Å². The van der Waals surface area contributed by atoms with Gasteiger partial charge in [-0.25, -0.2) is 9.18 Å². The maximum Gasteiger partial charge on any atom is 0.336 e. The second-order valence-corrected chi connectivity index (χ2v) is 3.28. The molecular weight excluding hydrogens is 211 g/mol. The van der Waals surface area contributed by atoms with Crippen molar-refractivity contribution in [3.8, 4) is 5.75 Å². The molecule has 0 heterocycles. The van der Waals surface area contributed by atoms with E-state index in [1.54, 1.807) is 12.1 Å². The van der Waals surface area contributed by atoms with E-state index in [9.17, 15) is 9.18 Å². The monoisotopic (exact) mass is 220 g/mol. The van der Waals surface area contributed by atoms with Gasteiger partial charge in [0.1, 0.15) is 11.6 Å². The van der Waals surface area contributed by atoms with Gasteiger partial charge in [0.25, 0.3) is 0 Å². The summed E-state index contributed by atoms with van der Waals surface area (Å²) in [4.78, 5) is 11.0. The Morgan fingerprint density at radius 2 is 2.06 bits per heavy atom. The number of carbonyl (C=O) groups is 1. The van der Waals surface area contributed by atoms with Crippen LogP contribution in [0.15, 0.2) is 30.3 Å². The molecule has 16 heavy (non-hydrogen) atoms. The molecule has 4 heteroatoms. The van der Waals surface area contributed by atoms with Crippen molar-refractivity contribution in [2.24, 2.45) is 0 Å². The van der Waals surface area contributed by atoms with Crippen molar-refractivity contribution in [3.63, 3.8) is 0 Å². The van der Waals surface area contributed by atoms with Crippen LogP contribution in [0.3, 0.4) is 0 Å². The number of benzene rings is 2. The van der Waals surface area contributed by atoms with E-state index < -0.39 is 11.8 Å². The van der Waals surface area contributed by atoms with Gasteiger partial charge in [-0.15, -0.1) is 0 Å². The lowest BCUT2D eigenvalue weighted by Gasteiger charge is -2.08. The van der Waals surface area contributed by atoms with Crippen LogP contribution in [-0.4, -0.2) is 18.2 Å². The fourth-order valence-corrected chi connectivity index (χ4v) is 1.69. The highest BCUT2D eigenvalue weighted by molar-refractivity contribution is 6.06. The van der Waals surface area contributed by atoms with E-state index in [1.807, 2.05) is 0 Å². The highest BCUT2D eigenvalue weighted by Gasteiger charge is 2.14. The Morgan fingerprint density at radius 3 is 2.69 bits per heavy atom. The van der Waals surface area contributed by atoms with Crippen LogP contribution in [0.25, 0.3) is 10.8 Å². The Hall–Kier alpha value is -2.10. The first-order valence-corrected chi connectivity index (χ1v) is 4.63. The first-order chi connectivity index (χ1) is 7.65. The summed E-state index contributed by atoms with van der Waals surface area (Å²) in [7, 11) is 1.42. The SMILES string of the molecule is COc1cccc2c(F)ccc(C(=O)O)c12. The zero-order valence-electron chi connectivity index (χ0n) is 8.53. The normalized spacial score (nSPS) is 10.4. The standard InChI is InChI=1S/C12H9FO3/c1-16-10-4-2-3-7-9(13)6-5-8(11(7)10)12(14)15/h2-6H,1H3,(H,14,15). The van der Waals surface area contributed by atoms with Crippen LogP contribution in [0.5, 0.6) is 5.75 Å². The minimum atomic E-state index is -1.10. The summed E-state index contributed by atoms with van der Waals surface area (Å²) in [6.45, 7) is 0. The van der Waals surface area contributed by atoms with Crippen molar-refractivity contribution >= 4 is 16.7 Å². The summed E-state index contributed by atoms with van der Waals surface area (Å²) < 4.78 is 18.5. The van der Waals surface area contributed by atoms with Gasteiger partial charge in [-0.3, -0.25) is 0 Å². The second-order valence-electron chi connectivity index (χ2n) is 3.28. The number of rotatable bonds is 2. The molecule has 3 nitrogen and oxygen atoms in total. The van der Waals surface area contributed by atoms with Crippen molar-refractivity contribution in [1.29, 1.82) is 0 Å². The van der Waals surface area contributed by atoms with Gasteiger partial charge < -0.3 is 9.84 Å². The summed E-state index contributed by atoms with van der Waals surface area (Å²) in [6, 6.07) is 7.14. The molecule has 0 spiro atoms. The zero-order valence-corrected chi connectivity index (χ0v) is 8.53. The Kier molecular flexibility index (Phi) is 2.48. The van der Waals surface area contributed by atoms with Gasteiger partial charge in [0.2, 0.25) is 0 Å². The Labute approximate surface area is 91.1 Å². The third kappa shape index (κ3) is 1.48. The lowest BCUT2D eigenvalue weighted by molar-refractivity contribution is 0.0699. The fraction of sp³-hybridized carbons (Fsp3) is 0.0833. The molecule has 1 N–H and O–H groups in total. The summed E-state index contributed by atoms with van der Waals surface area (Å²) in [6.07, 6.45) is 0. The number of halogens is 1. The van der Waals surface area contributed by atoms with E-state index in [0.29, 0.717) is 5.75 Å². The predicted molar refractivity (Wildman–Crippen MR) is 57.4 cm³/mol. The third-order valence-corrected chi connectivity index (χ3v) is 2.40. The first-order valence-electron chi connectivity index (χ1n) is 4.63. The number of hydrogen-bond acceptors (Lipinski definition) is 2. The molecular formula is C12H9FO3. The number of methoxy groups -OCH3 is 1. The van der Waals surface area contributed by atoms with Gasteiger partial charge in [0.15, 0.2) is 0 Å². The average Bonchev–Trinajstić information content (AvgIpc) is 2.28. The maximum absolute atomic E-state index is 13.5. The zero-order chi connectivity index (χ0) is 11.7. The molecule has 0 aliphatic rings. The molecule has 2 aromatic rings. The van der Waals surface area contributed by atoms with Crippen LogP contribution in [0.1, 0.15) is 10.4 Å². The van der Waals surface area contributed by atoms with Gasteiger partial charge in [0, 0.05) is 10.8 Å². The van der Waals surface area contributed by atoms with Crippen LogP contribution in [-0.2, 0) is 0 Å². The molecule has 0 atom stereocenters. The van der Waals surface area contributed by atoms with E-state index in [0.717, 1.165) is 6.07 Å². The van der Waals surface area contributed by atoms with Crippen LogP contribution in [0.4, 0.5) is 4.39 Å². The van der Waals surface area contributed by atoms with Gasteiger partial charge in [-0.1, -0.05) is 12.1 Å². The van der Waals surface area contributed by atoms with Crippen molar-refractivity contribution in [2.45, 2.75) is 0 Å². The predicted octanol–water partition coefficient (Wildman–Crippen LogP) is 2.69. The van der Waals surface area contributed by atoms with Crippen molar-refractivity contribution in [2.75, 3.05) is 7.11 Å². The van der Waals surface area contributed by atoms with Crippen LogP contribution < -0.4 is 4.74 Å². The topological polar surface area (TPSA) is 46.5 Å². The summed E-state index contributed by atoms with van der Waals surface area (Å²) in [5, 5.41) is 9.55. The molecule has 0 bridgehead atoms. The molecule has 2 aromatic carbocycles. The molecule has 0 saturated heterocycles. The van der Waals surface area contributed by atoms with Gasteiger partial charge in [-0.05, 0) is 18.2 Å². The number of fused-ring (bicyclic) bond motifs is 1. The third-order valence-electron chi connectivity index (χ3n) is 2.40. The number of carboxylic acids is 1. The maximum atomic E-state index is 13.5. The van der Waals surface area contributed by atoms with Gasteiger partial charge in [-0.2, -0.15) is 0 Å². The summed E-state index contributed by atoms with van der Waals surface area (Å²) in [5.41, 5.74) is 0.0360. The quantitative estimate of drug-likeness (QED) is 0.846. The number of carboxylic acid groups (broad SMARTS) is 1. The molecule has 0 aromatic heterocycles. The molecule has 0 fully saturated rings. The number of hydrogen-bond donors (Lipinski definition) is 1. The second kappa shape index (κ2) is 3.81. The molecule has 2 rings (SSSR count). The Bertz CT molecular complexity index is 563. The smallest absolute Gasteiger partial charge is 0.336 e. The lowest BCUT2D eigenvalue weighted by Crippen LogP contribution is -2.00. The molecule has 0 amide bonds. The van der Waals surface area contributed by atoms with E-state index >= 15 is 0 Å². The number of ether oxygens (including phenoxy) is 1. The summed E-state index contributed by atoms with van der Waals surface area (Å²) in [5.74, 6) is -1.21. The largest absolute Gasteiger partial charge is 0.496 e. The van der Waals surface area contributed by atoms with E-state index in [-0.39, 0.29) is 16.3 Å². The van der Waals surface area contributed by atoms with E-state index in [4.69, 9.17) is 9.84 Å². The minimum absolute atomic E-state index is 0.0360. The fourth-order valence-electron chi connectivity index (χ4n) is 1.69. The number of aromatic carboxylic acids is 1. The molecule has 0 aliphatic heterocycles. The van der Waals surface area contributed by atoms with Crippen LogP contribution in [0.2, 0.25) is 0 Å². The molecule has 82 valence electrons. The van der Waals surface area contributed by atoms with Crippen molar-refractivity contribution in [3.05, 3.63) is 41.7 Å². The highest BCUT2D eigenvalue weighted by Crippen LogP contribution is 2.30. The Balaban J connectivity index is 2.93.